The van der Waals surface area contributed by atoms with Crippen LogP contribution in [-0.4, -0.2) is 27.8 Å². The highest BCUT2D eigenvalue weighted by Gasteiger charge is 2.35. The molecular formula is C39H38ClN3O5S. The number of ether oxygens (including phenoxy) is 3. The minimum Gasteiger partial charge on any atom is -0.491 e. The topological polar surface area (TPSA) is 84.0 Å². The van der Waals surface area contributed by atoms with Gasteiger partial charge in [-0.05, 0) is 107 Å². The molecule has 5 aromatic rings. The van der Waals surface area contributed by atoms with Crippen molar-refractivity contribution in [1.82, 2.24) is 9.13 Å². The molecule has 0 N–H and O–H groups in total. The van der Waals surface area contributed by atoms with Crippen LogP contribution in [0.15, 0.2) is 99.9 Å². The Morgan fingerprint density at radius 3 is 2.43 bits per heavy atom. The Kier molecular flexibility index (Phi) is 9.94. The third-order valence-electron chi connectivity index (χ3n) is 8.26. The van der Waals surface area contributed by atoms with Gasteiger partial charge in [-0.15, -0.1) is 0 Å². The van der Waals surface area contributed by atoms with Crippen LogP contribution in [0.2, 0.25) is 5.02 Å². The Bertz CT molecular complexity index is 2230. The average molecular weight is 696 g/mol. The summed E-state index contributed by atoms with van der Waals surface area (Å²) in [5, 5.41) is 0.693. The third-order valence-corrected chi connectivity index (χ3v) is 9.50. The lowest BCUT2D eigenvalue weighted by atomic mass is 9.95. The second-order valence-electron chi connectivity index (χ2n) is 12.1. The zero-order chi connectivity index (χ0) is 34.8. The molecule has 0 fully saturated rings. The van der Waals surface area contributed by atoms with Crippen LogP contribution >= 0.6 is 22.9 Å². The van der Waals surface area contributed by atoms with Gasteiger partial charge in [0.1, 0.15) is 24.1 Å². The lowest BCUT2D eigenvalue weighted by molar-refractivity contribution is -0.139. The molecule has 3 heterocycles. The van der Waals surface area contributed by atoms with Crippen molar-refractivity contribution in [2.24, 2.45) is 4.99 Å². The fraction of sp³-hybridized carbons (Fsp3) is 0.256. The summed E-state index contributed by atoms with van der Waals surface area (Å²) in [7, 11) is 0. The monoisotopic (exact) mass is 695 g/mol. The van der Waals surface area contributed by atoms with Crippen molar-refractivity contribution in [2.45, 2.75) is 60.3 Å². The van der Waals surface area contributed by atoms with Crippen LogP contribution in [0.1, 0.15) is 61.8 Å². The summed E-state index contributed by atoms with van der Waals surface area (Å²) >= 11 is 7.30. The number of carbonyl (C=O) groups is 1. The van der Waals surface area contributed by atoms with Crippen molar-refractivity contribution < 1.29 is 19.0 Å². The van der Waals surface area contributed by atoms with E-state index in [1.54, 1.807) is 18.4 Å². The van der Waals surface area contributed by atoms with E-state index in [4.69, 9.17) is 30.8 Å². The van der Waals surface area contributed by atoms with Gasteiger partial charge in [0.25, 0.3) is 5.56 Å². The van der Waals surface area contributed by atoms with Crippen molar-refractivity contribution in [3.05, 3.63) is 143 Å². The Hall–Kier alpha value is -4.86. The van der Waals surface area contributed by atoms with E-state index in [0.29, 0.717) is 43.5 Å². The molecule has 1 aliphatic heterocycles. The summed E-state index contributed by atoms with van der Waals surface area (Å²) in [5.41, 5.74) is 6.20. The number of esters is 1. The summed E-state index contributed by atoms with van der Waals surface area (Å²) in [6.45, 7) is 12.1. The van der Waals surface area contributed by atoms with Gasteiger partial charge in [-0.2, -0.15) is 0 Å². The molecule has 0 saturated carbocycles. The number of halogens is 1. The molecule has 6 rings (SSSR count). The van der Waals surface area contributed by atoms with Crippen molar-refractivity contribution in [1.29, 1.82) is 0 Å². The maximum atomic E-state index is 14.3. The van der Waals surface area contributed by atoms with Crippen LogP contribution in [0.4, 0.5) is 0 Å². The molecule has 0 bridgehead atoms. The SMILES string of the molecule is CCOC(=O)C1=C(C)N=c2s/c(=C\c3cc(C)n(-c4ccc(OCc5ccc(Cl)cc5)cc4)c3C)c(=O)n2[C@@H]1c1ccccc1OC(C)C. The first kappa shape index (κ1) is 34.0. The molecule has 2 aromatic heterocycles. The number of thiazole rings is 1. The predicted octanol–water partition coefficient (Wildman–Crippen LogP) is 7.23. The van der Waals surface area contributed by atoms with E-state index in [1.165, 1.54) is 11.3 Å². The van der Waals surface area contributed by atoms with Gasteiger partial charge in [0.2, 0.25) is 0 Å². The Morgan fingerprint density at radius 2 is 1.73 bits per heavy atom. The fourth-order valence-electron chi connectivity index (χ4n) is 6.06. The second-order valence-corrected chi connectivity index (χ2v) is 13.5. The van der Waals surface area contributed by atoms with Gasteiger partial charge < -0.3 is 18.8 Å². The van der Waals surface area contributed by atoms with Crippen LogP contribution in [-0.2, 0) is 16.1 Å². The molecule has 10 heteroatoms. The first-order valence-electron chi connectivity index (χ1n) is 16.2. The minimum atomic E-state index is -0.764. The number of rotatable bonds is 10. The smallest absolute Gasteiger partial charge is 0.338 e. The van der Waals surface area contributed by atoms with E-state index in [9.17, 15) is 9.59 Å². The van der Waals surface area contributed by atoms with Crippen molar-refractivity contribution in [3.8, 4) is 17.2 Å². The molecule has 0 unspecified atom stereocenters. The zero-order valence-electron chi connectivity index (χ0n) is 28.3. The van der Waals surface area contributed by atoms with Gasteiger partial charge >= 0.3 is 5.97 Å². The average Bonchev–Trinajstić information content (AvgIpc) is 3.53. The molecule has 0 spiro atoms. The summed E-state index contributed by atoms with van der Waals surface area (Å²) < 4.78 is 21.9. The van der Waals surface area contributed by atoms with Crippen molar-refractivity contribution in [2.75, 3.05) is 6.61 Å². The molecule has 0 radical (unpaired) electrons. The largest absolute Gasteiger partial charge is 0.491 e. The molecule has 252 valence electrons. The number of carbonyl (C=O) groups excluding carboxylic acids is 1. The standard InChI is InChI=1S/C39H38ClN3O5S/c1-7-46-38(45)35-25(5)41-39-43(36(35)32-10-8-9-11-33(32)48-23(2)3)37(44)34(49-39)21-28-20-24(4)42(26(28)6)30-16-18-31(19-17-30)47-22-27-12-14-29(40)15-13-27/h8-21,23,36H,7,22H2,1-6H3/b34-21-/t36-/m1/s1. The third kappa shape index (κ3) is 7.00. The Labute approximate surface area is 294 Å². The number of nitrogens with zero attached hydrogens (tertiary/aromatic N) is 3. The quantitative estimate of drug-likeness (QED) is 0.144. The molecule has 0 amide bonds. The first-order chi connectivity index (χ1) is 23.5. The van der Waals surface area contributed by atoms with E-state index in [1.807, 2.05) is 107 Å². The Morgan fingerprint density at radius 1 is 1.02 bits per heavy atom. The highest BCUT2D eigenvalue weighted by molar-refractivity contribution is 7.07. The number of hydrogen-bond donors (Lipinski definition) is 0. The van der Waals surface area contributed by atoms with Gasteiger partial charge in [0.15, 0.2) is 4.80 Å². The van der Waals surface area contributed by atoms with Crippen LogP contribution in [0.25, 0.3) is 11.8 Å². The number of hydrogen-bond acceptors (Lipinski definition) is 7. The maximum absolute atomic E-state index is 14.3. The fourth-order valence-corrected chi connectivity index (χ4v) is 7.23. The molecule has 0 saturated heterocycles. The molecule has 1 atom stereocenters. The van der Waals surface area contributed by atoms with Crippen LogP contribution < -0.4 is 24.4 Å². The highest BCUT2D eigenvalue weighted by atomic mass is 35.5. The van der Waals surface area contributed by atoms with Crippen molar-refractivity contribution >= 4 is 35.0 Å². The van der Waals surface area contributed by atoms with Crippen LogP contribution in [0, 0.1) is 13.8 Å². The zero-order valence-corrected chi connectivity index (χ0v) is 29.9. The number of fused-ring (bicyclic) bond motifs is 1. The maximum Gasteiger partial charge on any atom is 0.338 e. The summed E-state index contributed by atoms with van der Waals surface area (Å²) in [5.74, 6) is 0.848. The lowest BCUT2D eigenvalue weighted by Crippen LogP contribution is -2.40. The van der Waals surface area contributed by atoms with Gasteiger partial charge in [0.05, 0.1) is 28.5 Å². The van der Waals surface area contributed by atoms with E-state index < -0.39 is 12.0 Å². The van der Waals surface area contributed by atoms with Crippen LogP contribution in [0.3, 0.4) is 0 Å². The number of benzene rings is 3. The van der Waals surface area contributed by atoms with Gasteiger partial charge in [-0.3, -0.25) is 9.36 Å². The summed E-state index contributed by atoms with van der Waals surface area (Å²) in [4.78, 5) is 32.9. The van der Waals surface area contributed by atoms with Gasteiger partial charge in [-0.25, -0.2) is 9.79 Å². The summed E-state index contributed by atoms with van der Waals surface area (Å²) in [6, 6.07) is 24.3. The normalized spacial score (nSPS) is 14.5. The van der Waals surface area contributed by atoms with Gasteiger partial charge in [-0.1, -0.05) is 53.3 Å². The minimum absolute atomic E-state index is 0.110. The number of para-hydroxylation sites is 1. The van der Waals surface area contributed by atoms with E-state index >= 15 is 0 Å². The molecule has 8 nitrogen and oxygen atoms in total. The lowest BCUT2D eigenvalue weighted by Gasteiger charge is -2.26. The predicted molar refractivity (Wildman–Crippen MR) is 194 cm³/mol. The highest BCUT2D eigenvalue weighted by Crippen LogP contribution is 2.36. The molecule has 0 aliphatic carbocycles. The number of aryl methyl sites for hydroxylation is 1. The van der Waals surface area contributed by atoms with Crippen molar-refractivity contribution in [3.63, 3.8) is 0 Å². The molecule has 3 aromatic carbocycles. The summed E-state index contributed by atoms with van der Waals surface area (Å²) in [6.07, 6.45) is 1.80. The number of allylic oxidation sites excluding steroid dienone is 1. The van der Waals surface area contributed by atoms with Crippen LogP contribution in [0.5, 0.6) is 11.5 Å². The first-order valence-corrected chi connectivity index (χ1v) is 17.4. The molecule has 1 aliphatic rings. The van der Waals surface area contributed by atoms with E-state index in [2.05, 4.69) is 10.6 Å². The number of aromatic nitrogens is 2. The van der Waals surface area contributed by atoms with E-state index in [-0.39, 0.29) is 18.3 Å². The van der Waals surface area contributed by atoms with E-state index in [0.717, 1.165) is 34.0 Å². The second kappa shape index (κ2) is 14.3. The van der Waals surface area contributed by atoms with Gasteiger partial charge in [0, 0.05) is 27.7 Å². The molecular weight excluding hydrogens is 658 g/mol. The Balaban J connectivity index is 1.37. The molecule has 49 heavy (non-hydrogen) atoms.